The van der Waals surface area contributed by atoms with Crippen LogP contribution in [0, 0.1) is 12.8 Å². The maximum atomic E-state index is 13.1. The van der Waals surface area contributed by atoms with Crippen molar-refractivity contribution in [1.29, 1.82) is 0 Å². The van der Waals surface area contributed by atoms with E-state index >= 15 is 0 Å². The molecule has 0 heterocycles. The van der Waals surface area contributed by atoms with Crippen molar-refractivity contribution < 1.29 is 8.78 Å². The zero-order valence-corrected chi connectivity index (χ0v) is 11.9. The van der Waals surface area contributed by atoms with Crippen LogP contribution in [0.5, 0.6) is 0 Å². The van der Waals surface area contributed by atoms with Gasteiger partial charge in [0.25, 0.3) is 0 Å². The van der Waals surface area contributed by atoms with Gasteiger partial charge in [0.2, 0.25) is 5.92 Å². The van der Waals surface area contributed by atoms with Crippen LogP contribution in [0.3, 0.4) is 0 Å². The van der Waals surface area contributed by atoms with Gasteiger partial charge in [0.15, 0.2) is 0 Å². The number of hydrogen-bond acceptors (Lipinski definition) is 1. The third kappa shape index (κ3) is 3.90. The smallest absolute Gasteiger partial charge is 0.248 e. The van der Waals surface area contributed by atoms with Crippen LogP contribution in [-0.2, 0) is 6.42 Å². The summed E-state index contributed by atoms with van der Waals surface area (Å²) in [6.07, 6.45) is 1.62. The summed E-state index contributed by atoms with van der Waals surface area (Å²) in [6, 6.07) is 5.81. The third-order valence-corrected chi connectivity index (χ3v) is 4.38. The number of aryl methyl sites for hydroxylation is 1. The van der Waals surface area contributed by atoms with E-state index in [-0.39, 0.29) is 24.8 Å². The zero-order valence-electron chi connectivity index (χ0n) is 11.1. The Kier molecular flexibility index (Phi) is 4.46. The molecule has 4 heteroatoms. The fourth-order valence-electron chi connectivity index (χ4n) is 2.73. The summed E-state index contributed by atoms with van der Waals surface area (Å²) in [5, 5.41) is 0.719. The average molecular weight is 288 g/mol. The third-order valence-electron chi connectivity index (χ3n) is 4.03. The minimum atomic E-state index is -2.49. The van der Waals surface area contributed by atoms with E-state index in [4.69, 9.17) is 17.3 Å². The van der Waals surface area contributed by atoms with Crippen LogP contribution in [0.1, 0.15) is 36.8 Å². The quantitative estimate of drug-likeness (QED) is 0.879. The number of benzene rings is 1. The van der Waals surface area contributed by atoms with E-state index < -0.39 is 5.92 Å². The second-order valence-corrected chi connectivity index (χ2v) is 6.06. The summed E-state index contributed by atoms with van der Waals surface area (Å²) in [7, 11) is 0. The summed E-state index contributed by atoms with van der Waals surface area (Å²) in [5.74, 6) is -2.31. The average Bonchev–Trinajstić information content (AvgIpc) is 2.32. The Morgan fingerprint density at radius 1 is 1.37 bits per heavy atom. The van der Waals surface area contributed by atoms with Crippen molar-refractivity contribution in [3.8, 4) is 0 Å². The fraction of sp³-hybridized carbons (Fsp3) is 0.600. The maximum absolute atomic E-state index is 13.1. The van der Waals surface area contributed by atoms with Crippen molar-refractivity contribution in [2.45, 2.75) is 51.0 Å². The molecule has 0 radical (unpaired) electrons. The van der Waals surface area contributed by atoms with Crippen LogP contribution < -0.4 is 5.73 Å². The lowest BCUT2D eigenvalue weighted by atomic mass is 9.80. The van der Waals surface area contributed by atoms with E-state index in [2.05, 4.69) is 0 Å². The van der Waals surface area contributed by atoms with Crippen molar-refractivity contribution in [1.82, 2.24) is 0 Å². The monoisotopic (exact) mass is 287 g/mol. The topological polar surface area (TPSA) is 26.0 Å². The van der Waals surface area contributed by atoms with Crippen LogP contribution in [-0.4, -0.2) is 12.0 Å². The predicted molar refractivity (Wildman–Crippen MR) is 74.8 cm³/mol. The van der Waals surface area contributed by atoms with Crippen molar-refractivity contribution >= 4 is 11.6 Å². The highest BCUT2D eigenvalue weighted by Crippen LogP contribution is 2.37. The molecule has 106 valence electrons. The first kappa shape index (κ1) is 14.7. The molecule has 1 fully saturated rings. The molecule has 1 atom stereocenters. The Balaban J connectivity index is 1.96. The SMILES string of the molecule is Cc1ccc(CC(N)C2CCC(F)(F)CC2)c(Cl)c1. The Morgan fingerprint density at radius 2 is 2.00 bits per heavy atom. The lowest BCUT2D eigenvalue weighted by Crippen LogP contribution is -2.37. The Hall–Kier alpha value is -0.670. The molecular formula is C15H20ClF2N. The minimum Gasteiger partial charge on any atom is -0.327 e. The lowest BCUT2D eigenvalue weighted by Gasteiger charge is -2.32. The molecule has 0 bridgehead atoms. The summed E-state index contributed by atoms with van der Waals surface area (Å²) in [5.41, 5.74) is 8.29. The van der Waals surface area contributed by atoms with Crippen LogP contribution >= 0.6 is 11.6 Å². The molecule has 1 aliphatic carbocycles. The van der Waals surface area contributed by atoms with Gasteiger partial charge >= 0.3 is 0 Å². The second-order valence-electron chi connectivity index (χ2n) is 5.66. The molecule has 1 aromatic carbocycles. The van der Waals surface area contributed by atoms with Crippen LogP contribution in [0.25, 0.3) is 0 Å². The highest BCUT2D eigenvalue weighted by molar-refractivity contribution is 6.31. The van der Waals surface area contributed by atoms with Gasteiger partial charge in [0.1, 0.15) is 0 Å². The normalized spacial score (nSPS) is 21.3. The Morgan fingerprint density at radius 3 is 2.58 bits per heavy atom. The molecular weight excluding hydrogens is 268 g/mol. The molecule has 19 heavy (non-hydrogen) atoms. The van der Waals surface area contributed by atoms with E-state index in [1.54, 1.807) is 0 Å². The molecule has 0 amide bonds. The molecule has 1 nitrogen and oxygen atoms in total. The van der Waals surface area contributed by atoms with Crippen molar-refractivity contribution in [2.24, 2.45) is 11.7 Å². The molecule has 0 spiro atoms. The molecule has 1 unspecified atom stereocenters. The van der Waals surface area contributed by atoms with E-state index in [1.165, 1.54) is 0 Å². The van der Waals surface area contributed by atoms with Gasteiger partial charge in [-0.3, -0.25) is 0 Å². The second kappa shape index (κ2) is 5.76. The maximum Gasteiger partial charge on any atom is 0.248 e. The zero-order chi connectivity index (χ0) is 14.0. The van der Waals surface area contributed by atoms with E-state index in [1.807, 2.05) is 25.1 Å². The van der Waals surface area contributed by atoms with E-state index in [9.17, 15) is 8.78 Å². The number of hydrogen-bond donors (Lipinski definition) is 1. The van der Waals surface area contributed by atoms with Gasteiger partial charge in [-0.1, -0.05) is 23.7 Å². The van der Waals surface area contributed by atoms with Gasteiger partial charge in [-0.05, 0) is 49.3 Å². The molecule has 1 aliphatic rings. The highest BCUT2D eigenvalue weighted by Gasteiger charge is 2.36. The minimum absolute atomic E-state index is 0.0347. The highest BCUT2D eigenvalue weighted by atomic mass is 35.5. The predicted octanol–water partition coefficient (Wildman–Crippen LogP) is 4.34. The van der Waals surface area contributed by atoms with Crippen LogP contribution in [0.4, 0.5) is 8.78 Å². The molecule has 0 aromatic heterocycles. The molecule has 1 aromatic rings. The molecule has 0 saturated heterocycles. The fourth-order valence-corrected chi connectivity index (χ4v) is 3.04. The van der Waals surface area contributed by atoms with Gasteiger partial charge < -0.3 is 5.73 Å². The standard InChI is InChI=1S/C15H20ClF2N/c1-10-2-3-12(13(16)8-10)9-14(19)11-4-6-15(17,18)7-5-11/h2-3,8,11,14H,4-7,9,19H2,1H3. The molecule has 0 aliphatic heterocycles. The van der Waals surface area contributed by atoms with Gasteiger partial charge in [-0.2, -0.15) is 0 Å². The molecule has 2 N–H and O–H groups in total. The summed E-state index contributed by atoms with van der Waals surface area (Å²) >= 11 is 6.18. The van der Waals surface area contributed by atoms with Crippen LogP contribution in [0.2, 0.25) is 5.02 Å². The number of alkyl halides is 2. The van der Waals surface area contributed by atoms with E-state index in [0.29, 0.717) is 19.3 Å². The Bertz CT molecular complexity index is 438. The van der Waals surface area contributed by atoms with Crippen molar-refractivity contribution in [3.05, 3.63) is 34.3 Å². The van der Waals surface area contributed by atoms with E-state index in [0.717, 1.165) is 16.1 Å². The van der Waals surface area contributed by atoms with Gasteiger partial charge in [0, 0.05) is 23.9 Å². The summed E-state index contributed by atoms with van der Waals surface area (Å²) in [6.45, 7) is 1.98. The van der Waals surface area contributed by atoms with Crippen molar-refractivity contribution in [3.63, 3.8) is 0 Å². The first-order valence-corrected chi connectivity index (χ1v) is 7.14. The summed E-state index contributed by atoms with van der Waals surface area (Å²) in [4.78, 5) is 0. The van der Waals surface area contributed by atoms with Gasteiger partial charge in [-0.25, -0.2) is 8.78 Å². The lowest BCUT2D eigenvalue weighted by molar-refractivity contribution is -0.0481. The number of rotatable bonds is 3. The largest absolute Gasteiger partial charge is 0.327 e. The number of halogens is 3. The molecule has 2 rings (SSSR count). The first-order valence-electron chi connectivity index (χ1n) is 6.76. The van der Waals surface area contributed by atoms with Crippen molar-refractivity contribution in [2.75, 3.05) is 0 Å². The van der Waals surface area contributed by atoms with Gasteiger partial charge in [-0.15, -0.1) is 0 Å². The summed E-state index contributed by atoms with van der Waals surface area (Å²) < 4.78 is 26.2. The van der Waals surface area contributed by atoms with Crippen LogP contribution in [0.15, 0.2) is 18.2 Å². The number of nitrogens with two attached hydrogens (primary N) is 1. The first-order chi connectivity index (χ1) is 8.87. The Labute approximate surface area is 118 Å². The molecule has 1 saturated carbocycles. The van der Waals surface area contributed by atoms with Gasteiger partial charge in [0.05, 0.1) is 0 Å².